The van der Waals surface area contributed by atoms with Gasteiger partial charge in [0, 0.05) is 30.8 Å². The van der Waals surface area contributed by atoms with Gasteiger partial charge >= 0.3 is 6.09 Å². The minimum Gasteiger partial charge on any atom is -0.453 e. The molecule has 0 saturated carbocycles. The van der Waals surface area contributed by atoms with E-state index in [1.807, 2.05) is 6.92 Å². The average Bonchev–Trinajstić information content (AvgIpc) is 3.10. The summed E-state index contributed by atoms with van der Waals surface area (Å²) in [5.74, 6) is 0.439. The fourth-order valence-corrected chi connectivity index (χ4v) is 4.04. The predicted molar refractivity (Wildman–Crippen MR) is 116 cm³/mol. The van der Waals surface area contributed by atoms with Crippen LogP contribution >= 0.6 is 23.2 Å². The van der Waals surface area contributed by atoms with Crippen molar-refractivity contribution in [2.45, 2.75) is 26.0 Å². The Balaban J connectivity index is 1.94. The number of nitrogens with zero attached hydrogens (tertiary/aromatic N) is 3. The van der Waals surface area contributed by atoms with Gasteiger partial charge in [0.15, 0.2) is 0 Å². The van der Waals surface area contributed by atoms with Gasteiger partial charge in [0.25, 0.3) is 5.56 Å². The number of likely N-dealkylation sites (tertiary alicyclic amines) is 1. The summed E-state index contributed by atoms with van der Waals surface area (Å²) in [7, 11) is 2.97. The van der Waals surface area contributed by atoms with E-state index in [1.54, 1.807) is 37.1 Å². The maximum absolute atomic E-state index is 13.1. The second-order valence-corrected chi connectivity index (χ2v) is 7.85. The lowest BCUT2D eigenvalue weighted by atomic mass is 10.1. The number of benzene rings is 1. The molecule has 1 aromatic carbocycles. The van der Waals surface area contributed by atoms with Crippen LogP contribution in [-0.2, 0) is 16.5 Å². The van der Waals surface area contributed by atoms with E-state index in [1.165, 1.54) is 11.7 Å². The van der Waals surface area contributed by atoms with E-state index < -0.39 is 6.09 Å². The molecule has 1 amide bonds. The first-order valence-corrected chi connectivity index (χ1v) is 10.3. The maximum atomic E-state index is 13.1. The number of ether oxygens (including phenoxy) is 2. The summed E-state index contributed by atoms with van der Waals surface area (Å²) in [5, 5.41) is 4.15. The minimum atomic E-state index is -0.431. The summed E-state index contributed by atoms with van der Waals surface area (Å²) in [6.07, 6.45) is -0.705. The first-order valence-electron chi connectivity index (χ1n) is 9.50. The number of carbonyl (C=O) groups excluding carboxylic acids is 1. The number of methoxy groups -OCH3 is 1. The molecule has 2 heterocycles. The van der Waals surface area contributed by atoms with Crippen molar-refractivity contribution >= 4 is 35.0 Å². The summed E-state index contributed by atoms with van der Waals surface area (Å²) in [6.45, 7) is 4.85. The van der Waals surface area contributed by atoms with Crippen molar-refractivity contribution in [3.05, 3.63) is 44.3 Å². The maximum Gasteiger partial charge on any atom is 0.409 e. The van der Waals surface area contributed by atoms with Gasteiger partial charge in [-0.3, -0.25) is 9.36 Å². The number of aromatic nitrogens is 2. The highest BCUT2D eigenvalue weighted by Crippen LogP contribution is 2.29. The third-order valence-corrected chi connectivity index (χ3v) is 5.60. The van der Waals surface area contributed by atoms with Crippen LogP contribution < -0.4 is 10.9 Å². The molecule has 0 spiro atoms. The van der Waals surface area contributed by atoms with E-state index in [2.05, 4.69) is 10.3 Å². The molecule has 1 aromatic heterocycles. The number of nitrogens with one attached hydrogen (secondary N) is 1. The van der Waals surface area contributed by atoms with Gasteiger partial charge in [0.1, 0.15) is 11.5 Å². The molecule has 0 aliphatic carbocycles. The third-order valence-electron chi connectivity index (χ3n) is 5.05. The van der Waals surface area contributed by atoms with E-state index in [-0.39, 0.29) is 17.7 Å². The highest BCUT2D eigenvalue weighted by molar-refractivity contribution is 6.36. The monoisotopic (exact) mass is 454 g/mol. The normalized spacial score (nSPS) is 18.5. The molecule has 1 saturated heterocycles. The lowest BCUT2D eigenvalue weighted by Crippen LogP contribution is -2.38. The Kier molecular flexibility index (Phi) is 6.90. The van der Waals surface area contributed by atoms with Crippen molar-refractivity contribution in [1.29, 1.82) is 0 Å². The quantitative estimate of drug-likeness (QED) is 0.745. The van der Waals surface area contributed by atoms with Crippen molar-refractivity contribution in [1.82, 2.24) is 14.5 Å². The second kappa shape index (κ2) is 9.24. The number of aryl methyl sites for hydroxylation is 1. The molecule has 1 aliphatic rings. The molecule has 2 aromatic rings. The summed E-state index contributed by atoms with van der Waals surface area (Å²) >= 11 is 12.3. The molecule has 0 bridgehead atoms. The highest BCUT2D eigenvalue weighted by atomic mass is 35.5. The van der Waals surface area contributed by atoms with Gasteiger partial charge in [-0.1, -0.05) is 23.2 Å². The van der Waals surface area contributed by atoms with Crippen LogP contribution in [0.3, 0.4) is 0 Å². The van der Waals surface area contributed by atoms with E-state index in [0.717, 1.165) is 0 Å². The van der Waals surface area contributed by atoms with Gasteiger partial charge in [0.2, 0.25) is 0 Å². The molecule has 162 valence electrons. The van der Waals surface area contributed by atoms with Crippen LogP contribution in [0.4, 0.5) is 10.5 Å². The largest absolute Gasteiger partial charge is 0.453 e. The Labute approximate surface area is 184 Å². The summed E-state index contributed by atoms with van der Waals surface area (Å²) < 4.78 is 12.0. The molecule has 3 rings (SSSR count). The molecule has 30 heavy (non-hydrogen) atoms. The molecular weight excluding hydrogens is 431 g/mol. The number of hydrogen-bond donors (Lipinski definition) is 1. The number of amides is 1. The first-order chi connectivity index (χ1) is 14.3. The van der Waals surface area contributed by atoms with Gasteiger partial charge in [-0.15, -0.1) is 0 Å². The molecule has 10 heteroatoms. The fraction of sp³-hybridized carbons (Fsp3) is 0.450. The van der Waals surface area contributed by atoms with Crippen molar-refractivity contribution in [2.75, 3.05) is 32.1 Å². The van der Waals surface area contributed by atoms with Gasteiger partial charge in [-0.2, -0.15) is 0 Å². The van der Waals surface area contributed by atoms with Crippen molar-refractivity contribution in [2.24, 2.45) is 7.05 Å². The third kappa shape index (κ3) is 4.40. The number of carbonyl (C=O) groups is 1. The Bertz CT molecular complexity index is 1010. The van der Waals surface area contributed by atoms with Gasteiger partial charge in [-0.05, 0) is 32.0 Å². The summed E-state index contributed by atoms with van der Waals surface area (Å²) in [6, 6.07) is 4.76. The zero-order chi connectivity index (χ0) is 22.0. The molecule has 2 atom stereocenters. The van der Waals surface area contributed by atoms with Crippen molar-refractivity contribution < 1.29 is 14.3 Å². The van der Waals surface area contributed by atoms with E-state index >= 15 is 0 Å². The lowest BCUT2D eigenvalue weighted by Gasteiger charge is -2.22. The van der Waals surface area contributed by atoms with Gasteiger partial charge in [-0.25, -0.2) is 9.78 Å². The van der Waals surface area contributed by atoms with Crippen LogP contribution in [0.5, 0.6) is 0 Å². The topological polar surface area (TPSA) is 85.7 Å². The highest BCUT2D eigenvalue weighted by Gasteiger charge is 2.37. The molecule has 8 nitrogen and oxygen atoms in total. The zero-order valence-electron chi connectivity index (χ0n) is 17.2. The van der Waals surface area contributed by atoms with Crippen LogP contribution in [0, 0.1) is 6.92 Å². The molecule has 1 aliphatic heterocycles. The summed E-state index contributed by atoms with van der Waals surface area (Å²) in [5.41, 5.74) is 1.23. The standard InChI is InChI=1S/C20H24Cl2N4O4/c1-5-30-16-10-26(20(28)29-4)9-15(16)24-17-11(2)23-18(25(3)19(17)27)13-7-6-12(21)8-14(13)22/h6-8,15-16,24H,5,9-10H2,1-4H3/t15-,16+/m1/s1. The van der Waals surface area contributed by atoms with Gasteiger partial charge in [0.05, 0.1) is 36.5 Å². The first kappa shape index (κ1) is 22.4. The fourth-order valence-electron chi connectivity index (χ4n) is 3.55. The Morgan fingerprint density at radius 3 is 2.70 bits per heavy atom. The number of hydrogen-bond acceptors (Lipinski definition) is 6. The van der Waals surface area contributed by atoms with Crippen LogP contribution in [-0.4, -0.2) is 59.5 Å². The molecule has 0 unspecified atom stereocenters. The smallest absolute Gasteiger partial charge is 0.409 e. The SMILES string of the molecule is CCO[C@H]1CN(C(=O)OC)C[C@H]1Nc1c(C)nc(-c2ccc(Cl)cc2Cl)n(C)c1=O. The molecule has 1 fully saturated rings. The molecule has 0 radical (unpaired) electrons. The predicted octanol–water partition coefficient (Wildman–Crippen LogP) is 3.33. The van der Waals surface area contributed by atoms with E-state index in [0.29, 0.717) is 52.5 Å². The van der Waals surface area contributed by atoms with Crippen LogP contribution in [0.2, 0.25) is 10.0 Å². The zero-order valence-corrected chi connectivity index (χ0v) is 18.8. The van der Waals surface area contributed by atoms with Crippen molar-refractivity contribution in [3.8, 4) is 11.4 Å². The Morgan fingerprint density at radius 2 is 2.07 bits per heavy atom. The molecular formula is C20H24Cl2N4O4. The van der Waals surface area contributed by atoms with Crippen LogP contribution in [0.25, 0.3) is 11.4 Å². The van der Waals surface area contributed by atoms with E-state index in [9.17, 15) is 9.59 Å². The lowest BCUT2D eigenvalue weighted by molar-refractivity contribution is 0.0614. The Morgan fingerprint density at radius 1 is 1.33 bits per heavy atom. The van der Waals surface area contributed by atoms with Crippen LogP contribution in [0.15, 0.2) is 23.0 Å². The minimum absolute atomic E-state index is 0.254. The van der Waals surface area contributed by atoms with E-state index in [4.69, 9.17) is 32.7 Å². The molecule has 1 N–H and O–H groups in total. The summed E-state index contributed by atoms with van der Waals surface area (Å²) in [4.78, 5) is 31.2. The average molecular weight is 455 g/mol. The van der Waals surface area contributed by atoms with Crippen molar-refractivity contribution in [3.63, 3.8) is 0 Å². The number of halogens is 2. The van der Waals surface area contributed by atoms with Crippen LogP contribution in [0.1, 0.15) is 12.6 Å². The Hall–Kier alpha value is -2.29. The van der Waals surface area contributed by atoms with Gasteiger partial charge < -0.3 is 19.7 Å². The second-order valence-electron chi connectivity index (χ2n) is 7.00. The number of rotatable bonds is 5. The number of anilines is 1.